The maximum atomic E-state index is 10.3. The Bertz CT molecular complexity index is 1090. The van der Waals surface area contributed by atoms with Crippen molar-refractivity contribution in [3.05, 3.63) is 71.6 Å². The highest BCUT2D eigenvalue weighted by Gasteiger charge is 2.12. The third-order valence-corrected chi connectivity index (χ3v) is 6.35. The summed E-state index contributed by atoms with van der Waals surface area (Å²) in [6.45, 7) is 2.92. The molecule has 2 N–H and O–H groups in total. The lowest BCUT2D eigenvalue weighted by Gasteiger charge is -2.18. The van der Waals surface area contributed by atoms with Crippen molar-refractivity contribution in [3.63, 3.8) is 0 Å². The molecule has 6 heteroatoms. The van der Waals surface area contributed by atoms with Crippen LogP contribution >= 0.6 is 11.3 Å². The van der Waals surface area contributed by atoms with Gasteiger partial charge in [0.2, 0.25) is 0 Å². The average molecular weight is 436 g/mol. The zero-order chi connectivity index (χ0) is 21.6. The fourth-order valence-electron chi connectivity index (χ4n) is 3.60. The number of aryl methyl sites for hydroxylation is 2. The van der Waals surface area contributed by atoms with Crippen LogP contribution in [-0.4, -0.2) is 40.2 Å². The molecule has 0 fully saturated rings. The number of nitrogens with one attached hydrogen (secondary N) is 1. The van der Waals surface area contributed by atoms with E-state index in [4.69, 9.17) is 4.74 Å². The van der Waals surface area contributed by atoms with Gasteiger partial charge in [-0.25, -0.2) is 0 Å². The normalized spacial score (nSPS) is 13.4. The van der Waals surface area contributed by atoms with E-state index in [2.05, 4.69) is 53.1 Å². The first-order chi connectivity index (χ1) is 15.1. The molecule has 5 nitrogen and oxygen atoms in total. The van der Waals surface area contributed by atoms with Gasteiger partial charge < -0.3 is 15.2 Å². The van der Waals surface area contributed by atoms with Crippen molar-refractivity contribution in [1.29, 1.82) is 0 Å². The highest BCUT2D eigenvalue weighted by molar-refractivity contribution is 7.17. The number of ether oxygens (including phenoxy) is 1. The highest BCUT2D eigenvalue weighted by atomic mass is 32.1. The molecule has 31 heavy (non-hydrogen) atoms. The molecule has 2 heterocycles. The van der Waals surface area contributed by atoms with Crippen LogP contribution in [0, 0.1) is 0 Å². The Balaban J connectivity index is 1.22. The molecule has 4 rings (SSSR count). The summed E-state index contributed by atoms with van der Waals surface area (Å²) in [5, 5.41) is 20.4. The summed E-state index contributed by atoms with van der Waals surface area (Å²) in [6, 6.07) is 20.8. The summed E-state index contributed by atoms with van der Waals surface area (Å²) in [4.78, 5) is 0. The van der Waals surface area contributed by atoms with Crippen LogP contribution in [0.15, 0.2) is 66.0 Å². The lowest BCUT2D eigenvalue weighted by Crippen LogP contribution is -2.36. The van der Waals surface area contributed by atoms with Crippen LogP contribution in [0.3, 0.4) is 0 Å². The van der Waals surface area contributed by atoms with Crippen molar-refractivity contribution in [1.82, 2.24) is 15.1 Å². The van der Waals surface area contributed by atoms with Gasteiger partial charge in [0.15, 0.2) is 0 Å². The molecule has 0 aliphatic rings. The number of benzene rings is 2. The lowest BCUT2D eigenvalue weighted by molar-refractivity contribution is 0.104. The minimum atomic E-state index is -0.555. The Morgan fingerprint density at radius 3 is 2.65 bits per heavy atom. The van der Waals surface area contributed by atoms with Gasteiger partial charge in [0.05, 0.1) is 10.2 Å². The molecule has 0 saturated heterocycles. The predicted octanol–water partition coefficient (Wildman–Crippen LogP) is 4.65. The number of nitrogens with zero attached hydrogens (tertiary/aromatic N) is 2. The number of fused-ring (bicyclic) bond motifs is 1. The molecule has 0 spiro atoms. The summed E-state index contributed by atoms with van der Waals surface area (Å²) in [5.74, 6) is 0.748. The van der Waals surface area contributed by atoms with E-state index in [1.165, 1.54) is 10.3 Å². The van der Waals surface area contributed by atoms with Crippen LogP contribution in [0.2, 0.25) is 0 Å². The van der Waals surface area contributed by atoms with Crippen molar-refractivity contribution >= 4 is 21.6 Å². The molecule has 2 unspecified atom stereocenters. The average Bonchev–Trinajstić information content (AvgIpc) is 3.40. The van der Waals surface area contributed by atoms with Gasteiger partial charge in [-0.3, -0.25) is 4.68 Å². The summed E-state index contributed by atoms with van der Waals surface area (Å²) in [6.07, 6.45) is 1.51. The van der Waals surface area contributed by atoms with Gasteiger partial charge in [0, 0.05) is 25.2 Å². The Morgan fingerprint density at radius 1 is 1.10 bits per heavy atom. The Labute approximate surface area is 187 Å². The minimum Gasteiger partial charge on any atom is -0.491 e. The summed E-state index contributed by atoms with van der Waals surface area (Å²) < 4.78 is 8.89. The largest absolute Gasteiger partial charge is 0.491 e. The molecule has 0 radical (unpaired) electrons. The smallest absolute Gasteiger partial charge is 0.119 e. The van der Waals surface area contributed by atoms with Gasteiger partial charge in [-0.05, 0) is 61.0 Å². The quantitative estimate of drug-likeness (QED) is 0.381. The van der Waals surface area contributed by atoms with Crippen molar-refractivity contribution in [2.24, 2.45) is 7.05 Å². The van der Waals surface area contributed by atoms with Crippen molar-refractivity contribution < 1.29 is 9.84 Å². The maximum Gasteiger partial charge on any atom is 0.119 e. The van der Waals surface area contributed by atoms with E-state index < -0.39 is 6.10 Å². The SMILES string of the molecule is CC(CCc1ccccc1)NCC(O)COc1ccc(-c2nn(C)c3ccsc23)cc1. The topological polar surface area (TPSA) is 59.3 Å². The molecule has 0 saturated carbocycles. The summed E-state index contributed by atoms with van der Waals surface area (Å²) >= 11 is 1.70. The molecule has 4 aromatic rings. The Hall–Kier alpha value is -2.67. The van der Waals surface area contributed by atoms with Crippen LogP contribution in [0.5, 0.6) is 5.75 Å². The summed E-state index contributed by atoms with van der Waals surface area (Å²) in [5.41, 5.74) is 4.55. The minimum absolute atomic E-state index is 0.260. The molecule has 2 atom stereocenters. The van der Waals surface area contributed by atoms with E-state index in [9.17, 15) is 5.11 Å². The number of hydrogen-bond acceptors (Lipinski definition) is 5. The third-order valence-electron chi connectivity index (χ3n) is 5.44. The van der Waals surface area contributed by atoms with Crippen LogP contribution < -0.4 is 10.1 Å². The molecule has 2 aromatic carbocycles. The second-order valence-corrected chi connectivity index (χ2v) is 8.85. The Morgan fingerprint density at radius 2 is 1.87 bits per heavy atom. The predicted molar refractivity (Wildman–Crippen MR) is 128 cm³/mol. The zero-order valence-corrected chi connectivity index (χ0v) is 18.8. The highest BCUT2D eigenvalue weighted by Crippen LogP contribution is 2.32. The van der Waals surface area contributed by atoms with Crippen molar-refractivity contribution in [3.8, 4) is 17.0 Å². The monoisotopic (exact) mass is 435 g/mol. The van der Waals surface area contributed by atoms with Gasteiger partial charge in [-0.2, -0.15) is 5.10 Å². The second-order valence-electron chi connectivity index (χ2n) is 7.93. The van der Waals surface area contributed by atoms with Crippen LogP contribution in [0.4, 0.5) is 0 Å². The third kappa shape index (κ3) is 5.53. The van der Waals surface area contributed by atoms with Gasteiger partial charge >= 0.3 is 0 Å². The summed E-state index contributed by atoms with van der Waals surface area (Å²) in [7, 11) is 1.97. The zero-order valence-electron chi connectivity index (χ0n) is 18.0. The second kappa shape index (κ2) is 10.1. The number of aliphatic hydroxyl groups is 1. The fourth-order valence-corrected chi connectivity index (χ4v) is 4.52. The number of aliphatic hydroxyl groups excluding tert-OH is 1. The van der Waals surface area contributed by atoms with E-state index >= 15 is 0 Å². The van der Waals surface area contributed by atoms with E-state index in [1.807, 2.05) is 42.1 Å². The standard InChI is InChI=1S/C25H29N3O2S/c1-18(8-9-19-6-4-3-5-7-19)26-16-21(29)17-30-22-12-10-20(11-13-22)24-25-23(14-15-31-25)28(2)27-24/h3-7,10-15,18,21,26,29H,8-9,16-17H2,1-2H3. The number of aromatic nitrogens is 2. The first-order valence-electron chi connectivity index (χ1n) is 10.7. The fraction of sp³-hybridized carbons (Fsp3) is 0.320. The molecular formula is C25H29N3O2S. The molecular weight excluding hydrogens is 406 g/mol. The first kappa shape index (κ1) is 21.6. The van der Waals surface area contributed by atoms with Crippen LogP contribution in [0.1, 0.15) is 18.9 Å². The van der Waals surface area contributed by atoms with Gasteiger partial charge in [0.25, 0.3) is 0 Å². The van der Waals surface area contributed by atoms with E-state index in [0.29, 0.717) is 12.6 Å². The van der Waals surface area contributed by atoms with E-state index in [-0.39, 0.29) is 6.61 Å². The first-order valence-corrected chi connectivity index (χ1v) is 11.6. The molecule has 0 aliphatic heterocycles. The number of rotatable bonds is 10. The molecule has 0 aliphatic carbocycles. The van der Waals surface area contributed by atoms with E-state index in [0.717, 1.165) is 35.4 Å². The van der Waals surface area contributed by atoms with Gasteiger partial charge in [0.1, 0.15) is 24.2 Å². The number of thiophene rings is 1. The van der Waals surface area contributed by atoms with Crippen LogP contribution in [-0.2, 0) is 13.5 Å². The van der Waals surface area contributed by atoms with Crippen molar-refractivity contribution in [2.45, 2.75) is 31.9 Å². The molecule has 2 aromatic heterocycles. The van der Waals surface area contributed by atoms with Gasteiger partial charge in [-0.15, -0.1) is 11.3 Å². The molecule has 0 amide bonds. The van der Waals surface area contributed by atoms with Gasteiger partial charge in [-0.1, -0.05) is 30.3 Å². The van der Waals surface area contributed by atoms with Crippen LogP contribution in [0.25, 0.3) is 21.5 Å². The molecule has 162 valence electrons. The Kier molecular flexibility index (Phi) is 7.02. The lowest BCUT2D eigenvalue weighted by atomic mass is 10.1. The van der Waals surface area contributed by atoms with E-state index in [1.54, 1.807) is 11.3 Å². The maximum absolute atomic E-state index is 10.3. The van der Waals surface area contributed by atoms with Crippen molar-refractivity contribution in [2.75, 3.05) is 13.2 Å². The molecule has 0 bridgehead atoms. The number of hydrogen-bond donors (Lipinski definition) is 2.